The number of aliphatic hydroxyl groups excluding tert-OH is 1. The Kier molecular flexibility index (Phi) is 5.89. The van der Waals surface area contributed by atoms with Crippen molar-refractivity contribution in [3.63, 3.8) is 0 Å². The van der Waals surface area contributed by atoms with Crippen LogP contribution in [0.2, 0.25) is 0 Å². The zero-order valence-corrected chi connectivity index (χ0v) is 19.9. The first-order valence-corrected chi connectivity index (χ1v) is 11.9. The minimum atomic E-state index is -0.627. The highest BCUT2D eigenvalue weighted by Gasteiger charge is 2.68. The SMILES string of the molecule is CC(C)[C@@H]1[C@@H](O)[C@@H]2N(C(=O)OC(C)(C)C)C[C@@H]3CC[C@H]([C@@H]1OCc1ccccc1)[C@@]32C. The van der Waals surface area contributed by atoms with Crippen LogP contribution in [0.4, 0.5) is 4.79 Å². The standard InChI is InChI=1S/C26H39NO4/c1-16(2)20-21(28)23-26(6)18(14-27(23)24(29)31-25(3,4)5)12-13-19(26)22(20)30-15-17-10-8-7-9-11-17/h7-11,16,18-23,28H,12-15H2,1-6H3/t18-,19+,20+,21+,22-,23-,26+/m0/s1. The van der Waals surface area contributed by atoms with Crippen LogP contribution in [-0.4, -0.2) is 46.5 Å². The van der Waals surface area contributed by atoms with Crippen molar-refractivity contribution in [2.24, 2.45) is 29.1 Å². The molecule has 0 aromatic heterocycles. The van der Waals surface area contributed by atoms with Crippen LogP contribution in [0.3, 0.4) is 0 Å². The van der Waals surface area contributed by atoms with Gasteiger partial charge >= 0.3 is 6.09 Å². The molecule has 5 nitrogen and oxygen atoms in total. The second-order valence-electron chi connectivity index (χ2n) is 11.4. The second kappa shape index (κ2) is 8.08. The van der Waals surface area contributed by atoms with E-state index < -0.39 is 11.7 Å². The van der Waals surface area contributed by atoms with Crippen LogP contribution in [0.25, 0.3) is 0 Å². The Balaban J connectivity index is 1.64. The Morgan fingerprint density at radius 2 is 1.90 bits per heavy atom. The molecule has 31 heavy (non-hydrogen) atoms. The van der Waals surface area contributed by atoms with Crippen LogP contribution in [0.5, 0.6) is 0 Å². The molecule has 3 fully saturated rings. The van der Waals surface area contributed by atoms with Crippen molar-refractivity contribution in [3.8, 4) is 0 Å². The monoisotopic (exact) mass is 429 g/mol. The van der Waals surface area contributed by atoms with Gasteiger partial charge < -0.3 is 19.5 Å². The summed E-state index contributed by atoms with van der Waals surface area (Å²) < 4.78 is 12.3. The number of hydrogen-bond donors (Lipinski definition) is 1. The van der Waals surface area contributed by atoms with Gasteiger partial charge in [0.2, 0.25) is 0 Å². The average molecular weight is 430 g/mol. The zero-order chi connectivity index (χ0) is 22.6. The molecule has 2 aliphatic carbocycles. The molecule has 0 spiro atoms. The minimum Gasteiger partial charge on any atom is -0.444 e. The molecule has 2 saturated carbocycles. The number of carbonyl (C=O) groups is 1. The highest BCUT2D eigenvalue weighted by atomic mass is 16.6. The van der Waals surface area contributed by atoms with Gasteiger partial charge in [-0.1, -0.05) is 51.1 Å². The van der Waals surface area contributed by atoms with E-state index >= 15 is 0 Å². The second-order valence-corrected chi connectivity index (χ2v) is 11.4. The molecule has 1 aromatic carbocycles. The van der Waals surface area contributed by atoms with Gasteiger partial charge in [0.25, 0.3) is 0 Å². The van der Waals surface area contributed by atoms with Gasteiger partial charge in [0.1, 0.15) is 5.60 Å². The van der Waals surface area contributed by atoms with Crippen molar-refractivity contribution in [2.45, 2.75) is 84.8 Å². The zero-order valence-electron chi connectivity index (χ0n) is 19.9. The van der Waals surface area contributed by atoms with Crippen molar-refractivity contribution in [2.75, 3.05) is 6.54 Å². The van der Waals surface area contributed by atoms with Crippen LogP contribution in [-0.2, 0) is 16.1 Å². The van der Waals surface area contributed by atoms with Crippen molar-refractivity contribution in [1.29, 1.82) is 0 Å². The molecule has 0 radical (unpaired) electrons. The summed E-state index contributed by atoms with van der Waals surface area (Å²) in [5, 5.41) is 11.7. The van der Waals surface area contributed by atoms with Crippen LogP contribution in [0, 0.1) is 29.1 Å². The fourth-order valence-corrected chi connectivity index (χ4v) is 6.76. The lowest BCUT2D eigenvalue weighted by Gasteiger charge is -2.54. The predicted octanol–water partition coefficient (Wildman–Crippen LogP) is 4.87. The lowest BCUT2D eigenvalue weighted by Crippen LogP contribution is -2.64. The summed E-state index contributed by atoms with van der Waals surface area (Å²) in [7, 11) is 0. The van der Waals surface area contributed by atoms with E-state index in [-0.39, 0.29) is 35.5 Å². The first-order chi connectivity index (χ1) is 14.5. The molecule has 7 atom stereocenters. The molecular weight excluding hydrogens is 390 g/mol. The van der Waals surface area contributed by atoms with E-state index in [0.29, 0.717) is 25.0 Å². The molecule has 5 heteroatoms. The Morgan fingerprint density at radius 3 is 2.52 bits per heavy atom. The van der Waals surface area contributed by atoms with E-state index in [4.69, 9.17) is 9.47 Å². The maximum atomic E-state index is 13.1. The molecule has 1 aliphatic heterocycles. The Morgan fingerprint density at radius 1 is 1.23 bits per heavy atom. The summed E-state index contributed by atoms with van der Waals surface area (Å²) in [5.41, 5.74) is 0.458. The summed E-state index contributed by atoms with van der Waals surface area (Å²) in [6, 6.07) is 10.0. The molecule has 0 bridgehead atoms. The average Bonchev–Trinajstić information content (AvgIpc) is 3.16. The summed E-state index contributed by atoms with van der Waals surface area (Å²) in [6.45, 7) is 13.5. The van der Waals surface area contributed by atoms with Gasteiger partial charge in [0.05, 0.1) is 24.9 Å². The van der Waals surface area contributed by atoms with E-state index in [1.807, 2.05) is 43.9 Å². The van der Waals surface area contributed by atoms with Crippen LogP contribution < -0.4 is 0 Å². The van der Waals surface area contributed by atoms with Crippen molar-refractivity contribution < 1.29 is 19.4 Å². The van der Waals surface area contributed by atoms with E-state index in [2.05, 4.69) is 32.9 Å². The third-order valence-corrected chi connectivity index (χ3v) is 8.07. The summed E-state index contributed by atoms with van der Waals surface area (Å²) >= 11 is 0. The van der Waals surface area contributed by atoms with E-state index in [9.17, 15) is 9.90 Å². The minimum absolute atomic E-state index is 0.0138. The number of carbonyl (C=O) groups excluding carboxylic acids is 1. The maximum absolute atomic E-state index is 13.1. The van der Waals surface area contributed by atoms with Gasteiger partial charge in [-0.2, -0.15) is 0 Å². The molecule has 1 saturated heterocycles. The largest absolute Gasteiger partial charge is 0.444 e. The Bertz CT molecular complexity index is 788. The van der Waals surface area contributed by atoms with E-state index in [0.717, 1.165) is 18.4 Å². The molecular formula is C26H39NO4. The molecule has 0 unspecified atom stereocenters. The molecule has 4 rings (SSSR count). The van der Waals surface area contributed by atoms with E-state index in [1.165, 1.54) is 0 Å². The lowest BCUT2D eigenvalue weighted by molar-refractivity contribution is -0.177. The number of aliphatic hydroxyl groups is 1. The number of benzene rings is 1. The summed E-state index contributed by atoms with van der Waals surface area (Å²) in [4.78, 5) is 15.0. The number of nitrogens with zero attached hydrogens (tertiary/aromatic N) is 1. The smallest absolute Gasteiger partial charge is 0.410 e. The van der Waals surface area contributed by atoms with Crippen molar-refractivity contribution in [3.05, 3.63) is 35.9 Å². The number of hydrogen-bond acceptors (Lipinski definition) is 4. The Hall–Kier alpha value is -1.59. The lowest BCUT2D eigenvalue weighted by atomic mass is 9.57. The first kappa shape index (κ1) is 22.6. The highest BCUT2D eigenvalue weighted by molar-refractivity contribution is 5.69. The summed E-state index contributed by atoms with van der Waals surface area (Å²) in [5.74, 6) is 0.934. The van der Waals surface area contributed by atoms with Crippen LogP contribution in [0.15, 0.2) is 30.3 Å². The van der Waals surface area contributed by atoms with E-state index in [1.54, 1.807) is 0 Å². The maximum Gasteiger partial charge on any atom is 0.410 e. The molecule has 172 valence electrons. The third-order valence-electron chi connectivity index (χ3n) is 8.07. The topological polar surface area (TPSA) is 59.0 Å². The molecule has 1 aromatic rings. The van der Waals surface area contributed by atoms with Crippen molar-refractivity contribution >= 4 is 6.09 Å². The fraction of sp³-hybridized carbons (Fsp3) is 0.731. The number of rotatable bonds is 4. The van der Waals surface area contributed by atoms with Crippen LogP contribution >= 0.6 is 0 Å². The molecule has 1 N–H and O–H groups in total. The normalized spacial score (nSPS) is 37.2. The molecule has 1 amide bonds. The van der Waals surface area contributed by atoms with Crippen LogP contribution in [0.1, 0.15) is 59.9 Å². The first-order valence-electron chi connectivity index (χ1n) is 11.9. The number of amides is 1. The van der Waals surface area contributed by atoms with Gasteiger partial charge in [-0.05, 0) is 56.9 Å². The quantitative estimate of drug-likeness (QED) is 0.742. The predicted molar refractivity (Wildman–Crippen MR) is 120 cm³/mol. The Labute approximate surface area is 187 Å². The number of likely N-dealkylation sites (tertiary alicyclic amines) is 1. The molecule has 3 aliphatic rings. The van der Waals surface area contributed by atoms with Gasteiger partial charge in [-0.15, -0.1) is 0 Å². The molecule has 1 heterocycles. The van der Waals surface area contributed by atoms with Gasteiger partial charge in [-0.3, -0.25) is 0 Å². The summed E-state index contributed by atoms with van der Waals surface area (Å²) in [6.07, 6.45) is 1.23. The highest BCUT2D eigenvalue weighted by Crippen LogP contribution is 2.63. The van der Waals surface area contributed by atoms with Gasteiger partial charge in [-0.25, -0.2) is 4.79 Å². The van der Waals surface area contributed by atoms with Crippen molar-refractivity contribution in [1.82, 2.24) is 4.90 Å². The third kappa shape index (κ3) is 3.89. The van der Waals surface area contributed by atoms with Gasteiger partial charge in [0, 0.05) is 17.9 Å². The fourth-order valence-electron chi connectivity index (χ4n) is 6.76. The number of ether oxygens (including phenoxy) is 2. The van der Waals surface area contributed by atoms with Gasteiger partial charge in [0.15, 0.2) is 0 Å².